The maximum atomic E-state index is 4.74. The first-order valence-corrected chi connectivity index (χ1v) is 7.86. The molecule has 0 N–H and O–H groups in total. The Morgan fingerprint density at radius 3 is 2.00 bits per heavy atom. The topological polar surface area (TPSA) is 41.8 Å². The molecule has 0 bridgehead atoms. The van der Waals surface area contributed by atoms with Gasteiger partial charge in [-0.05, 0) is 17.7 Å². The predicted octanol–water partition coefficient (Wildman–Crippen LogP) is 5.56. The van der Waals surface area contributed by atoms with Crippen LogP contribution in [-0.4, -0.2) is 10.6 Å². The molecule has 0 saturated carbocycles. The van der Waals surface area contributed by atoms with Crippen molar-refractivity contribution in [2.45, 2.75) is 6.04 Å². The fourth-order valence-corrected chi connectivity index (χ4v) is 2.59. The number of amidine groups is 1. The average molecular weight is 312 g/mol. The Kier molecular flexibility index (Phi) is 3.86. The Balaban J connectivity index is 1.76. The van der Waals surface area contributed by atoms with Gasteiger partial charge in [-0.15, -0.1) is 4.81 Å². The first-order chi connectivity index (χ1) is 11.9. The highest BCUT2D eigenvalue weighted by Crippen LogP contribution is 2.35. The minimum atomic E-state index is -0.202. The Morgan fingerprint density at radius 2 is 1.33 bits per heavy atom. The molecular formula is C20H16N4. The van der Waals surface area contributed by atoms with Crippen LogP contribution < -0.4 is 0 Å². The van der Waals surface area contributed by atoms with Crippen molar-refractivity contribution >= 4 is 17.2 Å². The lowest BCUT2D eigenvalue weighted by atomic mass is 10.1. The van der Waals surface area contributed by atoms with Gasteiger partial charge in [0.2, 0.25) is 5.69 Å². The predicted molar refractivity (Wildman–Crippen MR) is 94.9 cm³/mol. The van der Waals surface area contributed by atoms with Crippen LogP contribution in [0.3, 0.4) is 0 Å². The molecule has 1 aliphatic heterocycles. The first kappa shape index (κ1) is 14.3. The summed E-state index contributed by atoms with van der Waals surface area (Å²) in [4.78, 5) is 6.37. The molecule has 116 valence electrons. The lowest BCUT2D eigenvalue weighted by Gasteiger charge is -2.12. The van der Waals surface area contributed by atoms with Crippen molar-refractivity contribution in [3.05, 3.63) is 102 Å². The number of benzene rings is 3. The molecule has 1 atom stereocenters. The van der Waals surface area contributed by atoms with Crippen LogP contribution in [0.2, 0.25) is 0 Å². The van der Waals surface area contributed by atoms with Crippen LogP contribution in [0, 0.1) is 0 Å². The van der Waals surface area contributed by atoms with E-state index < -0.39 is 0 Å². The standard InChI is InChI=1S/C20H16N4/c1-4-10-16(11-5-1)19-20(21-17-12-6-2-7-13-17)23-24(22-19)18-14-8-3-9-15-18/h1-15,19H. The van der Waals surface area contributed by atoms with E-state index in [4.69, 9.17) is 10.4 Å². The zero-order valence-electron chi connectivity index (χ0n) is 13.0. The van der Waals surface area contributed by atoms with Gasteiger partial charge in [-0.3, -0.25) is 4.99 Å². The van der Waals surface area contributed by atoms with Crippen molar-refractivity contribution in [3.63, 3.8) is 0 Å². The molecule has 1 unspecified atom stereocenters. The number of rotatable bonds is 3. The number of para-hydroxylation sites is 2. The molecule has 0 aliphatic carbocycles. The summed E-state index contributed by atoms with van der Waals surface area (Å²) in [6.45, 7) is 0. The number of hydrogen-bond donors (Lipinski definition) is 0. The van der Waals surface area contributed by atoms with Gasteiger partial charge in [0.1, 0.15) is 0 Å². The van der Waals surface area contributed by atoms with Crippen molar-refractivity contribution in [2.75, 3.05) is 0 Å². The van der Waals surface area contributed by atoms with Crippen LogP contribution in [0.4, 0.5) is 11.4 Å². The molecule has 0 aromatic heterocycles. The van der Waals surface area contributed by atoms with Crippen LogP contribution >= 0.6 is 0 Å². The number of azo groups is 1. The summed E-state index contributed by atoms with van der Waals surface area (Å²) in [5, 5.41) is 4.63. The monoisotopic (exact) mass is 312 g/mol. The van der Waals surface area contributed by atoms with Crippen molar-refractivity contribution in [1.29, 1.82) is 0 Å². The summed E-state index contributed by atoms with van der Waals surface area (Å²) in [6, 6.07) is 29.7. The molecule has 24 heavy (non-hydrogen) atoms. The number of nitrogens with zero attached hydrogens (tertiary/aromatic N) is 4. The Labute approximate surface area is 140 Å². The SMILES string of the molecule is c1ccc(N=C2N=[N+](c3ccccc3)[N-]C2c2ccccc2)cc1. The molecule has 4 nitrogen and oxygen atoms in total. The summed E-state index contributed by atoms with van der Waals surface area (Å²) >= 11 is 0. The normalized spacial score (nSPS) is 18.2. The van der Waals surface area contributed by atoms with E-state index in [1.54, 1.807) is 4.81 Å². The highest BCUT2D eigenvalue weighted by Gasteiger charge is 2.25. The highest BCUT2D eigenvalue weighted by molar-refractivity contribution is 5.93. The van der Waals surface area contributed by atoms with E-state index in [1.807, 2.05) is 78.9 Å². The van der Waals surface area contributed by atoms with Gasteiger partial charge >= 0.3 is 0 Å². The van der Waals surface area contributed by atoms with Crippen molar-refractivity contribution in [3.8, 4) is 0 Å². The average Bonchev–Trinajstić information content (AvgIpc) is 3.08. The number of hydrogen-bond acceptors (Lipinski definition) is 1. The molecule has 0 amide bonds. The molecule has 1 heterocycles. The van der Waals surface area contributed by atoms with Gasteiger partial charge in [-0.2, -0.15) is 10.5 Å². The van der Waals surface area contributed by atoms with E-state index in [2.05, 4.69) is 17.2 Å². The molecule has 0 saturated heterocycles. The second-order valence-electron chi connectivity index (χ2n) is 5.46. The maximum Gasteiger partial charge on any atom is 0.225 e. The van der Waals surface area contributed by atoms with Gasteiger partial charge < -0.3 is 0 Å². The minimum absolute atomic E-state index is 0.202. The van der Waals surface area contributed by atoms with Gasteiger partial charge in [0.15, 0.2) is 0 Å². The summed E-state index contributed by atoms with van der Waals surface area (Å²) in [7, 11) is 0. The molecular weight excluding hydrogens is 296 g/mol. The Bertz CT molecular complexity index is 871. The van der Waals surface area contributed by atoms with Crippen molar-refractivity contribution < 1.29 is 4.81 Å². The second-order valence-corrected chi connectivity index (χ2v) is 5.46. The van der Waals surface area contributed by atoms with Gasteiger partial charge in [-0.1, -0.05) is 66.7 Å². The smallest absolute Gasteiger partial charge is 0.225 e. The molecule has 4 rings (SSSR count). The summed E-state index contributed by atoms with van der Waals surface area (Å²) in [5.41, 5.74) is 7.62. The lowest BCUT2D eigenvalue weighted by molar-refractivity contribution is -0.449. The van der Waals surface area contributed by atoms with Gasteiger partial charge in [-0.25, -0.2) is 0 Å². The summed E-state index contributed by atoms with van der Waals surface area (Å²) in [5.74, 6) is 0.691. The fraction of sp³-hybridized carbons (Fsp3) is 0.0500. The van der Waals surface area contributed by atoms with E-state index in [9.17, 15) is 0 Å². The van der Waals surface area contributed by atoms with Crippen molar-refractivity contribution in [1.82, 2.24) is 0 Å². The van der Waals surface area contributed by atoms with Crippen LogP contribution in [0.15, 0.2) is 101 Å². The van der Waals surface area contributed by atoms with Gasteiger partial charge in [0, 0.05) is 12.1 Å². The quantitative estimate of drug-likeness (QED) is 0.568. The third kappa shape index (κ3) is 2.94. The van der Waals surface area contributed by atoms with Crippen LogP contribution in [0.25, 0.3) is 5.43 Å². The lowest BCUT2D eigenvalue weighted by Crippen LogP contribution is -2.04. The minimum Gasteiger partial charge on any atom is -0.252 e. The maximum absolute atomic E-state index is 4.74. The van der Waals surface area contributed by atoms with E-state index in [1.165, 1.54) is 0 Å². The molecule has 4 heteroatoms. The van der Waals surface area contributed by atoms with E-state index in [-0.39, 0.29) is 6.04 Å². The van der Waals surface area contributed by atoms with Gasteiger partial charge in [0.05, 0.1) is 17.6 Å². The zero-order chi connectivity index (χ0) is 16.2. The molecule has 3 aromatic carbocycles. The summed E-state index contributed by atoms with van der Waals surface area (Å²) in [6.07, 6.45) is 0. The molecule has 0 fully saturated rings. The third-order valence-electron chi connectivity index (χ3n) is 3.77. The third-order valence-corrected chi connectivity index (χ3v) is 3.77. The zero-order valence-corrected chi connectivity index (χ0v) is 13.0. The van der Waals surface area contributed by atoms with Crippen LogP contribution in [-0.2, 0) is 0 Å². The molecule has 0 radical (unpaired) electrons. The van der Waals surface area contributed by atoms with Crippen LogP contribution in [0.1, 0.15) is 11.6 Å². The molecule has 0 spiro atoms. The van der Waals surface area contributed by atoms with Gasteiger partial charge in [0.25, 0.3) is 0 Å². The van der Waals surface area contributed by atoms with E-state index >= 15 is 0 Å². The van der Waals surface area contributed by atoms with Crippen molar-refractivity contribution in [2.24, 2.45) is 10.1 Å². The first-order valence-electron chi connectivity index (χ1n) is 7.86. The summed E-state index contributed by atoms with van der Waals surface area (Å²) < 4.78 is 0. The number of aliphatic imine (C=N–C) groups is 1. The molecule has 1 aliphatic rings. The molecule has 3 aromatic rings. The second kappa shape index (κ2) is 6.46. The Morgan fingerprint density at radius 1 is 0.750 bits per heavy atom. The van der Waals surface area contributed by atoms with E-state index in [0.717, 1.165) is 16.9 Å². The largest absolute Gasteiger partial charge is 0.252 e. The fourth-order valence-electron chi connectivity index (χ4n) is 2.59. The van der Waals surface area contributed by atoms with E-state index in [0.29, 0.717) is 5.84 Å². The Hall–Kier alpha value is -3.27. The highest BCUT2D eigenvalue weighted by atomic mass is 15.6. The van der Waals surface area contributed by atoms with Crippen LogP contribution in [0.5, 0.6) is 0 Å².